The first-order chi connectivity index (χ1) is 12.7. The fraction of sp³-hybridized carbons (Fsp3) is 0.150. The van der Waals surface area contributed by atoms with Gasteiger partial charge in [-0.05, 0) is 47.4 Å². The molecule has 0 saturated heterocycles. The number of anilines is 1. The van der Waals surface area contributed by atoms with Gasteiger partial charge in [-0.15, -0.1) is 0 Å². The van der Waals surface area contributed by atoms with Crippen molar-refractivity contribution in [3.8, 4) is 0 Å². The van der Waals surface area contributed by atoms with E-state index < -0.39 is 0 Å². The third-order valence-electron chi connectivity index (χ3n) is 4.24. The highest BCUT2D eigenvalue weighted by molar-refractivity contribution is 6.29. The number of halogens is 1. The maximum absolute atomic E-state index is 5.80. The summed E-state index contributed by atoms with van der Waals surface area (Å²) in [5.41, 5.74) is 5.53. The summed E-state index contributed by atoms with van der Waals surface area (Å²) in [7, 11) is 0. The molecule has 4 aromatic rings. The Bertz CT molecular complexity index is 1020. The zero-order chi connectivity index (χ0) is 17.9. The molecular weight excluding hydrogens is 346 g/mol. The van der Waals surface area contributed by atoms with E-state index in [1.165, 1.54) is 10.9 Å². The average molecular weight is 364 g/mol. The molecule has 0 aliphatic carbocycles. The second-order valence-electron chi connectivity index (χ2n) is 6.29. The molecule has 0 amide bonds. The van der Waals surface area contributed by atoms with E-state index in [2.05, 4.69) is 44.3 Å². The van der Waals surface area contributed by atoms with Crippen LogP contribution in [0.1, 0.15) is 22.3 Å². The summed E-state index contributed by atoms with van der Waals surface area (Å²) in [6, 6.07) is 9.99. The number of hydrogen-bond acceptors (Lipinski definition) is 4. The van der Waals surface area contributed by atoms with Gasteiger partial charge in [0, 0.05) is 43.1 Å². The molecule has 4 aromatic heterocycles. The molecule has 2 N–H and O–H groups in total. The molecular formula is C20H18ClN5. The van der Waals surface area contributed by atoms with Crippen molar-refractivity contribution in [3.05, 3.63) is 82.5 Å². The van der Waals surface area contributed by atoms with Gasteiger partial charge >= 0.3 is 0 Å². The number of fused-ring (bicyclic) bond motifs is 1. The van der Waals surface area contributed by atoms with Crippen LogP contribution < -0.4 is 5.32 Å². The van der Waals surface area contributed by atoms with Crippen molar-refractivity contribution < 1.29 is 0 Å². The Morgan fingerprint density at radius 1 is 1.00 bits per heavy atom. The normalized spacial score (nSPS) is 11.0. The summed E-state index contributed by atoms with van der Waals surface area (Å²) in [5, 5.41) is 4.96. The van der Waals surface area contributed by atoms with E-state index in [0.29, 0.717) is 11.7 Å². The van der Waals surface area contributed by atoms with Crippen LogP contribution >= 0.6 is 11.6 Å². The molecule has 0 spiro atoms. The SMILES string of the molecule is Cc1cnc2[nH]cc(Cc3ccc(NCc4ccc(Cl)nc4)nc3)c2c1. The smallest absolute Gasteiger partial charge is 0.137 e. The zero-order valence-corrected chi connectivity index (χ0v) is 15.1. The topological polar surface area (TPSA) is 66.5 Å². The van der Waals surface area contributed by atoms with E-state index in [1.54, 1.807) is 12.3 Å². The number of pyridine rings is 3. The molecule has 130 valence electrons. The first-order valence-electron chi connectivity index (χ1n) is 8.39. The Balaban J connectivity index is 1.43. The van der Waals surface area contributed by atoms with Crippen molar-refractivity contribution in [2.75, 3.05) is 5.32 Å². The van der Waals surface area contributed by atoms with Gasteiger partial charge in [0.15, 0.2) is 0 Å². The van der Waals surface area contributed by atoms with Gasteiger partial charge in [0.1, 0.15) is 16.6 Å². The molecule has 26 heavy (non-hydrogen) atoms. The van der Waals surface area contributed by atoms with Crippen LogP contribution in [0.5, 0.6) is 0 Å². The number of nitrogens with zero attached hydrogens (tertiary/aromatic N) is 3. The van der Waals surface area contributed by atoms with Gasteiger partial charge in [-0.1, -0.05) is 23.7 Å². The maximum Gasteiger partial charge on any atom is 0.137 e. The number of hydrogen-bond donors (Lipinski definition) is 2. The van der Waals surface area contributed by atoms with Crippen molar-refractivity contribution in [2.45, 2.75) is 19.9 Å². The molecule has 0 aliphatic heterocycles. The van der Waals surface area contributed by atoms with Crippen LogP contribution in [0, 0.1) is 6.92 Å². The number of aromatic amines is 1. The molecule has 6 heteroatoms. The molecule has 0 radical (unpaired) electrons. The van der Waals surface area contributed by atoms with Gasteiger partial charge in [0.05, 0.1) is 0 Å². The molecule has 5 nitrogen and oxygen atoms in total. The van der Waals surface area contributed by atoms with Crippen LogP contribution in [0.2, 0.25) is 5.15 Å². The summed E-state index contributed by atoms with van der Waals surface area (Å²) in [5.74, 6) is 0.833. The predicted octanol–water partition coefficient (Wildman–Crippen LogP) is 4.52. The summed E-state index contributed by atoms with van der Waals surface area (Å²) < 4.78 is 0. The first-order valence-corrected chi connectivity index (χ1v) is 8.77. The van der Waals surface area contributed by atoms with Crippen molar-refractivity contribution in [2.24, 2.45) is 0 Å². The highest BCUT2D eigenvalue weighted by atomic mass is 35.5. The van der Waals surface area contributed by atoms with Crippen LogP contribution in [0.3, 0.4) is 0 Å². The molecule has 4 heterocycles. The molecule has 0 aliphatic rings. The van der Waals surface area contributed by atoms with Crippen LogP contribution in [-0.2, 0) is 13.0 Å². The fourth-order valence-corrected chi connectivity index (χ4v) is 2.98. The highest BCUT2D eigenvalue weighted by Crippen LogP contribution is 2.21. The lowest BCUT2D eigenvalue weighted by atomic mass is 10.1. The Morgan fingerprint density at radius 2 is 1.85 bits per heavy atom. The monoisotopic (exact) mass is 363 g/mol. The molecule has 0 bridgehead atoms. The lowest BCUT2D eigenvalue weighted by Crippen LogP contribution is -2.02. The minimum atomic E-state index is 0.499. The summed E-state index contributed by atoms with van der Waals surface area (Å²) in [4.78, 5) is 16.2. The summed E-state index contributed by atoms with van der Waals surface area (Å²) in [6.45, 7) is 2.71. The lowest BCUT2D eigenvalue weighted by molar-refractivity contribution is 1.07. The molecule has 0 aromatic carbocycles. The largest absolute Gasteiger partial charge is 0.366 e. The predicted molar refractivity (Wildman–Crippen MR) is 104 cm³/mol. The van der Waals surface area contributed by atoms with Gasteiger partial charge in [-0.2, -0.15) is 0 Å². The van der Waals surface area contributed by atoms with Gasteiger partial charge in [0.25, 0.3) is 0 Å². The fourth-order valence-electron chi connectivity index (χ4n) is 2.87. The van der Waals surface area contributed by atoms with Gasteiger partial charge < -0.3 is 10.3 Å². The standard InChI is InChI=1S/C20H18ClN5/c1-13-6-17-16(12-26-20(17)25-8-13)7-14-3-5-19(23-9-14)24-11-15-2-4-18(21)22-10-15/h2-6,8-10,12H,7,11H2,1H3,(H,23,24)(H,25,26). The van der Waals surface area contributed by atoms with Crippen molar-refractivity contribution in [1.82, 2.24) is 19.9 Å². The van der Waals surface area contributed by atoms with Crippen molar-refractivity contribution in [3.63, 3.8) is 0 Å². The third kappa shape index (κ3) is 3.68. The van der Waals surface area contributed by atoms with Crippen molar-refractivity contribution in [1.29, 1.82) is 0 Å². The number of rotatable bonds is 5. The Kier molecular flexibility index (Phi) is 4.54. The van der Waals surface area contributed by atoms with E-state index in [0.717, 1.165) is 34.6 Å². The van der Waals surface area contributed by atoms with Crippen LogP contribution in [0.15, 0.2) is 55.1 Å². The van der Waals surface area contributed by atoms with Gasteiger partial charge in [-0.3, -0.25) is 0 Å². The minimum absolute atomic E-state index is 0.499. The molecule has 0 atom stereocenters. The third-order valence-corrected chi connectivity index (χ3v) is 4.46. The van der Waals surface area contributed by atoms with E-state index in [-0.39, 0.29) is 0 Å². The molecule has 0 fully saturated rings. The second-order valence-corrected chi connectivity index (χ2v) is 6.68. The highest BCUT2D eigenvalue weighted by Gasteiger charge is 2.06. The van der Waals surface area contributed by atoms with E-state index in [4.69, 9.17) is 11.6 Å². The van der Waals surface area contributed by atoms with E-state index in [9.17, 15) is 0 Å². The van der Waals surface area contributed by atoms with E-state index >= 15 is 0 Å². The van der Waals surface area contributed by atoms with Gasteiger partial charge in [0.2, 0.25) is 0 Å². The van der Waals surface area contributed by atoms with Crippen LogP contribution in [0.4, 0.5) is 5.82 Å². The Hall–Kier alpha value is -2.92. The molecule has 0 saturated carbocycles. The lowest BCUT2D eigenvalue weighted by Gasteiger charge is -2.07. The maximum atomic E-state index is 5.80. The Labute approximate surface area is 156 Å². The van der Waals surface area contributed by atoms with E-state index in [1.807, 2.05) is 30.7 Å². The van der Waals surface area contributed by atoms with Crippen LogP contribution in [0.25, 0.3) is 11.0 Å². The Morgan fingerprint density at radius 3 is 2.62 bits per heavy atom. The van der Waals surface area contributed by atoms with Gasteiger partial charge in [-0.25, -0.2) is 15.0 Å². The number of nitrogens with one attached hydrogen (secondary N) is 2. The summed E-state index contributed by atoms with van der Waals surface area (Å²) in [6.07, 6.45) is 8.39. The summed E-state index contributed by atoms with van der Waals surface area (Å²) >= 11 is 5.80. The molecule has 4 rings (SSSR count). The second kappa shape index (κ2) is 7.14. The van der Waals surface area contributed by atoms with Crippen LogP contribution in [-0.4, -0.2) is 19.9 Å². The molecule has 0 unspecified atom stereocenters. The van der Waals surface area contributed by atoms with Crippen molar-refractivity contribution >= 4 is 28.5 Å². The zero-order valence-electron chi connectivity index (χ0n) is 14.3. The number of H-pyrrole nitrogens is 1. The quantitative estimate of drug-likeness (QED) is 0.512. The minimum Gasteiger partial charge on any atom is -0.366 e. The number of aromatic nitrogens is 4. The first kappa shape index (κ1) is 16.5. The number of aryl methyl sites for hydroxylation is 1. The average Bonchev–Trinajstić information content (AvgIpc) is 3.04.